The zero-order valence-corrected chi connectivity index (χ0v) is 14.5. The van der Waals surface area contributed by atoms with Gasteiger partial charge >= 0.3 is 0 Å². The van der Waals surface area contributed by atoms with E-state index < -0.39 is 0 Å². The van der Waals surface area contributed by atoms with Crippen LogP contribution in [0.3, 0.4) is 0 Å². The van der Waals surface area contributed by atoms with Crippen LogP contribution in [0.1, 0.15) is 23.2 Å². The van der Waals surface area contributed by atoms with E-state index in [1.54, 1.807) is 17.1 Å². The molecule has 1 amide bonds. The maximum Gasteiger partial charge on any atom is 0.257 e. The third-order valence-corrected chi connectivity index (χ3v) is 4.96. The van der Waals surface area contributed by atoms with E-state index in [-0.39, 0.29) is 11.9 Å². The number of nitrogens with zero attached hydrogens (tertiary/aromatic N) is 5. The Bertz CT molecular complexity index is 857. The number of H-pyrrole nitrogens is 1. The number of carbonyl (C=O) groups excluding carboxylic acids is 1. The fourth-order valence-electron chi connectivity index (χ4n) is 3.46. The van der Waals surface area contributed by atoms with E-state index in [0.29, 0.717) is 5.56 Å². The Kier molecular flexibility index (Phi) is 3.91. The summed E-state index contributed by atoms with van der Waals surface area (Å²) in [4.78, 5) is 24.7. The fraction of sp³-hybridized carbons (Fsp3) is 0.389. The minimum absolute atomic E-state index is 0.0373. The number of aromatic amines is 1. The summed E-state index contributed by atoms with van der Waals surface area (Å²) in [7, 11) is 3.71. The second-order valence-corrected chi connectivity index (χ2v) is 6.61. The number of piperidine rings is 1. The van der Waals surface area contributed by atoms with Gasteiger partial charge in [-0.25, -0.2) is 4.98 Å². The molecule has 0 aliphatic carbocycles. The number of benzene rings is 1. The molecule has 7 nitrogen and oxygen atoms in total. The quantitative estimate of drug-likeness (QED) is 0.793. The van der Waals surface area contributed by atoms with Gasteiger partial charge in [-0.3, -0.25) is 9.48 Å². The van der Waals surface area contributed by atoms with Crippen molar-refractivity contribution in [2.45, 2.75) is 18.9 Å². The number of fused-ring (bicyclic) bond motifs is 1. The van der Waals surface area contributed by atoms with E-state index in [9.17, 15) is 4.79 Å². The molecule has 25 heavy (non-hydrogen) atoms. The molecule has 1 fully saturated rings. The Hall–Kier alpha value is -2.83. The lowest BCUT2D eigenvalue weighted by Gasteiger charge is -2.36. The number of rotatable bonds is 3. The number of aryl methyl sites for hydroxylation is 1. The summed E-state index contributed by atoms with van der Waals surface area (Å²) in [5.41, 5.74) is 2.69. The summed E-state index contributed by atoms with van der Waals surface area (Å²) in [6.45, 7) is 1.77. The van der Waals surface area contributed by atoms with Gasteiger partial charge in [-0.05, 0) is 25.0 Å². The molecular formula is C18H22N6O. The molecule has 0 bridgehead atoms. The van der Waals surface area contributed by atoms with Crippen LogP contribution in [0.15, 0.2) is 36.7 Å². The first kappa shape index (κ1) is 15.7. The van der Waals surface area contributed by atoms with Crippen LogP contribution in [0, 0.1) is 0 Å². The molecule has 130 valence electrons. The predicted molar refractivity (Wildman–Crippen MR) is 96.6 cm³/mol. The maximum absolute atomic E-state index is 12.6. The molecule has 0 atom stereocenters. The Morgan fingerprint density at radius 2 is 2.04 bits per heavy atom. The molecule has 1 aliphatic rings. The number of amides is 1. The van der Waals surface area contributed by atoms with Crippen molar-refractivity contribution in [3.05, 3.63) is 42.2 Å². The van der Waals surface area contributed by atoms with Crippen LogP contribution in [0.5, 0.6) is 0 Å². The molecule has 0 unspecified atom stereocenters. The van der Waals surface area contributed by atoms with E-state index in [1.165, 1.54) is 0 Å². The number of carbonyl (C=O) groups is 1. The van der Waals surface area contributed by atoms with Crippen molar-refractivity contribution in [1.82, 2.24) is 24.6 Å². The van der Waals surface area contributed by atoms with Gasteiger partial charge in [0.15, 0.2) is 0 Å². The Morgan fingerprint density at radius 1 is 1.28 bits per heavy atom. The number of hydrogen-bond acceptors (Lipinski definition) is 4. The molecule has 0 saturated carbocycles. The van der Waals surface area contributed by atoms with Crippen LogP contribution in [0.2, 0.25) is 0 Å². The third-order valence-electron chi connectivity index (χ3n) is 4.96. The molecule has 0 spiro atoms. The lowest BCUT2D eigenvalue weighted by atomic mass is 10.0. The highest BCUT2D eigenvalue weighted by Crippen LogP contribution is 2.23. The molecule has 3 aromatic rings. The summed E-state index contributed by atoms with van der Waals surface area (Å²) >= 11 is 0. The summed E-state index contributed by atoms with van der Waals surface area (Å²) in [5.74, 6) is 0.955. The van der Waals surface area contributed by atoms with Gasteiger partial charge in [-0.1, -0.05) is 12.1 Å². The van der Waals surface area contributed by atoms with E-state index >= 15 is 0 Å². The first-order valence-electron chi connectivity index (χ1n) is 8.57. The second-order valence-electron chi connectivity index (χ2n) is 6.61. The van der Waals surface area contributed by atoms with Crippen molar-refractivity contribution in [2.24, 2.45) is 7.05 Å². The summed E-state index contributed by atoms with van der Waals surface area (Å²) in [6.07, 6.45) is 5.25. The second kappa shape index (κ2) is 6.23. The first-order chi connectivity index (χ1) is 12.1. The van der Waals surface area contributed by atoms with Crippen LogP contribution in [0.25, 0.3) is 11.0 Å². The fourth-order valence-corrected chi connectivity index (χ4v) is 3.46. The number of hydrogen-bond donors (Lipinski definition) is 1. The van der Waals surface area contributed by atoms with Crippen molar-refractivity contribution in [2.75, 3.05) is 25.0 Å². The normalized spacial score (nSPS) is 15.7. The van der Waals surface area contributed by atoms with Crippen LogP contribution in [-0.4, -0.2) is 56.7 Å². The molecule has 4 rings (SSSR count). The molecule has 1 aromatic carbocycles. The topological polar surface area (TPSA) is 70.1 Å². The largest absolute Gasteiger partial charge is 0.342 e. The monoisotopic (exact) mass is 338 g/mol. The Labute approximate surface area is 146 Å². The molecule has 3 heterocycles. The van der Waals surface area contributed by atoms with E-state index in [1.807, 2.05) is 43.3 Å². The minimum atomic E-state index is 0.0373. The van der Waals surface area contributed by atoms with Gasteiger partial charge in [0.1, 0.15) is 0 Å². The summed E-state index contributed by atoms with van der Waals surface area (Å²) in [5, 5.41) is 4.09. The maximum atomic E-state index is 12.6. The molecular weight excluding hydrogens is 316 g/mol. The van der Waals surface area contributed by atoms with Gasteiger partial charge < -0.3 is 14.8 Å². The zero-order valence-electron chi connectivity index (χ0n) is 14.5. The number of para-hydroxylation sites is 2. The standard InChI is InChI=1S/C18H22N6O/c1-22-12-13(11-19-22)17(25)23(2)14-7-9-24(10-8-14)18-20-15-5-3-4-6-16(15)21-18/h3-6,11-12,14H,7-10H2,1-2H3,(H,20,21). The first-order valence-corrected chi connectivity index (χ1v) is 8.57. The van der Waals surface area contributed by atoms with Crippen LogP contribution >= 0.6 is 0 Å². The Balaban J connectivity index is 1.41. The van der Waals surface area contributed by atoms with Crippen LogP contribution < -0.4 is 4.90 Å². The third kappa shape index (κ3) is 2.97. The van der Waals surface area contributed by atoms with E-state index in [0.717, 1.165) is 42.9 Å². The highest BCUT2D eigenvalue weighted by molar-refractivity contribution is 5.93. The summed E-state index contributed by atoms with van der Waals surface area (Å²) in [6, 6.07) is 8.31. The van der Waals surface area contributed by atoms with Gasteiger partial charge in [0.05, 0.1) is 22.8 Å². The zero-order chi connectivity index (χ0) is 17.4. The number of imidazole rings is 1. The number of anilines is 1. The van der Waals surface area contributed by atoms with Gasteiger partial charge in [0, 0.05) is 39.4 Å². The number of aromatic nitrogens is 4. The lowest BCUT2D eigenvalue weighted by Crippen LogP contribution is -2.45. The molecule has 7 heteroatoms. The highest BCUT2D eigenvalue weighted by atomic mass is 16.2. The van der Waals surface area contributed by atoms with Crippen molar-refractivity contribution in [3.8, 4) is 0 Å². The van der Waals surface area contributed by atoms with Crippen LogP contribution in [0.4, 0.5) is 5.95 Å². The van der Waals surface area contributed by atoms with Gasteiger partial charge in [0.25, 0.3) is 5.91 Å². The number of nitrogens with one attached hydrogen (secondary N) is 1. The van der Waals surface area contributed by atoms with E-state index in [4.69, 9.17) is 0 Å². The van der Waals surface area contributed by atoms with Crippen molar-refractivity contribution >= 4 is 22.9 Å². The Morgan fingerprint density at radius 3 is 2.72 bits per heavy atom. The van der Waals surface area contributed by atoms with Gasteiger partial charge in [-0.2, -0.15) is 5.10 Å². The van der Waals surface area contributed by atoms with Crippen LogP contribution in [-0.2, 0) is 7.05 Å². The predicted octanol–water partition coefficient (Wildman–Crippen LogP) is 2.04. The molecule has 2 aromatic heterocycles. The SMILES string of the molecule is CN(C(=O)c1cnn(C)c1)C1CCN(c2nc3ccccc3[nH]2)CC1. The average Bonchev–Trinajstić information content (AvgIpc) is 3.26. The lowest BCUT2D eigenvalue weighted by molar-refractivity contribution is 0.0709. The van der Waals surface area contributed by atoms with Gasteiger partial charge in [0.2, 0.25) is 5.95 Å². The summed E-state index contributed by atoms with van der Waals surface area (Å²) < 4.78 is 1.66. The molecule has 1 N–H and O–H groups in total. The molecule has 0 radical (unpaired) electrons. The van der Waals surface area contributed by atoms with E-state index in [2.05, 4.69) is 20.0 Å². The highest BCUT2D eigenvalue weighted by Gasteiger charge is 2.27. The van der Waals surface area contributed by atoms with Crippen molar-refractivity contribution in [3.63, 3.8) is 0 Å². The molecule has 1 aliphatic heterocycles. The van der Waals surface area contributed by atoms with Crippen molar-refractivity contribution in [1.29, 1.82) is 0 Å². The van der Waals surface area contributed by atoms with Crippen molar-refractivity contribution < 1.29 is 4.79 Å². The van der Waals surface area contributed by atoms with Gasteiger partial charge in [-0.15, -0.1) is 0 Å². The average molecular weight is 338 g/mol. The minimum Gasteiger partial charge on any atom is -0.342 e. The smallest absolute Gasteiger partial charge is 0.257 e. The molecule has 1 saturated heterocycles.